The van der Waals surface area contributed by atoms with Gasteiger partial charge in [0.1, 0.15) is 5.82 Å². The lowest BCUT2D eigenvalue weighted by atomic mass is 10.1. The van der Waals surface area contributed by atoms with Crippen LogP contribution in [-0.4, -0.2) is 41.5 Å². The lowest BCUT2D eigenvalue weighted by molar-refractivity contribution is -0.122. The van der Waals surface area contributed by atoms with Crippen LogP contribution in [0.2, 0.25) is 5.02 Å². The highest BCUT2D eigenvalue weighted by atomic mass is 35.5. The molecule has 1 aliphatic rings. The SMILES string of the molecule is CC1CN(c2ncccc2Cl)CC(C)N1C=O. The van der Waals surface area contributed by atoms with E-state index in [0.29, 0.717) is 5.02 Å². The Morgan fingerprint density at radius 3 is 2.59 bits per heavy atom. The number of carbonyl (C=O) groups is 1. The number of pyridine rings is 1. The summed E-state index contributed by atoms with van der Waals surface area (Å²) in [6.07, 6.45) is 2.66. The molecule has 2 rings (SSSR count). The molecule has 0 saturated carbocycles. The number of aromatic nitrogens is 1. The van der Waals surface area contributed by atoms with Crippen molar-refractivity contribution >= 4 is 23.8 Å². The summed E-state index contributed by atoms with van der Waals surface area (Å²) in [7, 11) is 0. The third kappa shape index (κ3) is 2.36. The lowest BCUT2D eigenvalue weighted by Crippen LogP contribution is -2.56. The summed E-state index contributed by atoms with van der Waals surface area (Å²) < 4.78 is 0. The van der Waals surface area contributed by atoms with Crippen molar-refractivity contribution in [1.29, 1.82) is 0 Å². The minimum atomic E-state index is 0.175. The monoisotopic (exact) mass is 253 g/mol. The van der Waals surface area contributed by atoms with Crippen LogP contribution in [-0.2, 0) is 4.79 Å². The van der Waals surface area contributed by atoms with E-state index in [0.717, 1.165) is 25.3 Å². The van der Waals surface area contributed by atoms with E-state index in [2.05, 4.69) is 9.88 Å². The molecular weight excluding hydrogens is 238 g/mol. The summed E-state index contributed by atoms with van der Waals surface area (Å²) in [6.45, 7) is 5.60. The van der Waals surface area contributed by atoms with Crippen LogP contribution in [0.25, 0.3) is 0 Å². The maximum atomic E-state index is 11.0. The topological polar surface area (TPSA) is 36.4 Å². The quantitative estimate of drug-likeness (QED) is 0.754. The smallest absolute Gasteiger partial charge is 0.210 e. The summed E-state index contributed by atoms with van der Waals surface area (Å²) >= 11 is 6.14. The molecule has 0 aliphatic carbocycles. The molecule has 92 valence electrons. The number of hydrogen-bond donors (Lipinski definition) is 0. The zero-order valence-corrected chi connectivity index (χ0v) is 10.8. The molecule has 4 nitrogen and oxygen atoms in total. The van der Waals surface area contributed by atoms with Gasteiger partial charge >= 0.3 is 0 Å². The van der Waals surface area contributed by atoms with E-state index >= 15 is 0 Å². The summed E-state index contributed by atoms with van der Waals surface area (Å²) in [6, 6.07) is 4.01. The van der Waals surface area contributed by atoms with Gasteiger partial charge in [0.25, 0.3) is 0 Å². The van der Waals surface area contributed by atoms with Gasteiger partial charge in [-0.1, -0.05) is 11.6 Å². The second-order valence-corrected chi connectivity index (χ2v) is 4.87. The fourth-order valence-electron chi connectivity index (χ4n) is 2.33. The normalized spacial score (nSPS) is 24.9. The molecule has 1 fully saturated rings. The molecule has 1 amide bonds. The van der Waals surface area contributed by atoms with Crippen LogP contribution in [0.4, 0.5) is 5.82 Å². The third-order valence-electron chi connectivity index (χ3n) is 3.15. The first-order valence-corrected chi connectivity index (χ1v) is 6.09. The predicted octanol–water partition coefficient (Wildman–Crippen LogP) is 1.79. The van der Waals surface area contributed by atoms with Crippen molar-refractivity contribution in [2.45, 2.75) is 25.9 Å². The number of hydrogen-bond acceptors (Lipinski definition) is 3. The summed E-state index contributed by atoms with van der Waals surface area (Å²) in [5.41, 5.74) is 0. The molecule has 0 bridgehead atoms. The predicted molar refractivity (Wildman–Crippen MR) is 68.3 cm³/mol. The summed E-state index contributed by atoms with van der Waals surface area (Å²) in [4.78, 5) is 19.2. The highest BCUT2D eigenvalue weighted by molar-refractivity contribution is 6.32. The number of halogens is 1. The van der Waals surface area contributed by atoms with Crippen molar-refractivity contribution in [3.05, 3.63) is 23.4 Å². The Kier molecular flexibility index (Phi) is 3.52. The average molecular weight is 254 g/mol. The average Bonchev–Trinajstić information content (AvgIpc) is 2.29. The first kappa shape index (κ1) is 12.2. The van der Waals surface area contributed by atoms with E-state index in [4.69, 9.17) is 11.6 Å². The Bertz CT molecular complexity index is 400. The molecule has 2 heterocycles. The highest BCUT2D eigenvalue weighted by Crippen LogP contribution is 2.26. The van der Waals surface area contributed by atoms with Gasteiger partial charge in [-0.25, -0.2) is 4.98 Å². The van der Waals surface area contributed by atoms with Crippen molar-refractivity contribution in [2.75, 3.05) is 18.0 Å². The molecule has 2 atom stereocenters. The maximum Gasteiger partial charge on any atom is 0.210 e. The summed E-state index contributed by atoms with van der Waals surface area (Å²) in [5, 5.41) is 0.659. The Morgan fingerprint density at radius 2 is 2.06 bits per heavy atom. The zero-order chi connectivity index (χ0) is 12.4. The minimum absolute atomic E-state index is 0.175. The number of rotatable bonds is 2. The molecular formula is C12H16ClN3O. The Labute approximate surface area is 106 Å². The first-order valence-electron chi connectivity index (χ1n) is 5.71. The van der Waals surface area contributed by atoms with Crippen molar-refractivity contribution < 1.29 is 4.79 Å². The van der Waals surface area contributed by atoms with Crippen LogP contribution < -0.4 is 4.90 Å². The van der Waals surface area contributed by atoms with E-state index in [1.54, 1.807) is 6.20 Å². The lowest BCUT2D eigenvalue weighted by Gasteiger charge is -2.43. The van der Waals surface area contributed by atoms with Crippen molar-refractivity contribution in [3.63, 3.8) is 0 Å². The minimum Gasteiger partial charge on any atom is -0.351 e. The fraction of sp³-hybridized carbons (Fsp3) is 0.500. The van der Waals surface area contributed by atoms with E-state index < -0.39 is 0 Å². The highest BCUT2D eigenvalue weighted by Gasteiger charge is 2.29. The van der Waals surface area contributed by atoms with E-state index in [1.165, 1.54) is 0 Å². The van der Waals surface area contributed by atoms with Gasteiger partial charge < -0.3 is 9.80 Å². The zero-order valence-electron chi connectivity index (χ0n) is 10.0. The van der Waals surface area contributed by atoms with Gasteiger partial charge in [-0.2, -0.15) is 0 Å². The van der Waals surface area contributed by atoms with Crippen LogP contribution in [0.1, 0.15) is 13.8 Å². The largest absolute Gasteiger partial charge is 0.351 e. The van der Waals surface area contributed by atoms with Gasteiger partial charge in [0.05, 0.1) is 5.02 Å². The first-order chi connectivity index (χ1) is 8.13. The van der Waals surface area contributed by atoms with Gasteiger partial charge in [0.2, 0.25) is 6.41 Å². The van der Waals surface area contributed by atoms with Crippen LogP contribution in [0, 0.1) is 0 Å². The Balaban J connectivity index is 2.20. The molecule has 0 aromatic carbocycles. The molecule has 1 saturated heterocycles. The molecule has 2 unspecified atom stereocenters. The van der Waals surface area contributed by atoms with Crippen molar-refractivity contribution in [3.8, 4) is 0 Å². The van der Waals surface area contributed by atoms with Crippen LogP contribution in [0.15, 0.2) is 18.3 Å². The number of anilines is 1. The van der Waals surface area contributed by atoms with E-state index in [1.807, 2.05) is 30.9 Å². The fourth-order valence-corrected chi connectivity index (χ4v) is 2.57. The van der Waals surface area contributed by atoms with Gasteiger partial charge in [-0.3, -0.25) is 4.79 Å². The molecule has 0 N–H and O–H groups in total. The molecule has 1 aromatic heterocycles. The van der Waals surface area contributed by atoms with Gasteiger partial charge in [-0.05, 0) is 26.0 Å². The molecule has 17 heavy (non-hydrogen) atoms. The second-order valence-electron chi connectivity index (χ2n) is 4.46. The Hall–Kier alpha value is -1.29. The van der Waals surface area contributed by atoms with Crippen LogP contribution >= 0.6 is 11.6 Å². The van der Waals surface area contributed by atoms with Crippen molar-refractivity contribution in [1.82, 2.24) is 9.88 Å². The maximum absolute atomic E-state index is 11.0. The van der Waals surface area contributed by atoms with Gasteiger partial charge in [0, 0.05) is 31.4 Å². The second kappa shape index (κ2) is 4.92. The standard InChI is InChI=1S/C12H16ClN3O/c1-9-6-15(7-10(2)16(9)8-17)12-11(13)4-3-5-14-12/h3-5,8-10H,6-7H2,1-2H3. The Morgan fingerprint density at radius 1 is 1.41 bits per heavy atom. The summed E-state index contributed by atoms with van der Waals surface area (Å²) in [5.74, 6) is 0.804. The number of piperazine rings is 1. The molecule has 0 spiro atoms. The van der Waals surface area contributed by atoms with Crippen molar-refractivity contribution in [2.24, 2.45) is 0 Å². The number of amides is 1. The molecule has 1 aliphatic heterocycles. The van der Waals surface area contributed by atoms with Crippen LogP contribution in [0.5, 0.6) is 0 Å². The van der Waals surface area contributed by atoms with E-state index in [9.17, 15) is 4.79 Å². The van der Waals surface area contributed by atoms with Crippen LogP contribution in [0.3, 0.4) is 0 Å². The number of carbonyl (C=O) groups excluding carboxylic acids is 1. The third-order valence-corrected chi connectivity index (χ3v) is 3.44. The van der Waals surface area contributed by atoms with Gasteiger partial charge in [0.15, 0.2) is 0 Å². The van der Waals surface area contributed by atoms with E-state index in [-0.39, 0.29) is 12.1 Å². The number of nitrogens with zero attached hydrogens (tertiary/aromatic N) is 3. The molecule has 5 heteroatoms. The molecule has 0 radical (unpaired) electrons. The van der Waals surface area contributed by atoms with Gasteiger partial charge in [-0.15, -0.1) is 0 Å². The molecule has 1 aromatic rings.